The van der Waals surface area contributed by atoms with Crippen LogP contribution in [-0.4, -0.2) is 25.1 Å². The Hall–Kier alpha value is -2.08. The number of carbonyl (C=O) groups excluding carboxylic acids is 1. The predicted octanol–water partition coefficient (Wildman–Crippen LogP) is 3.11. The van der Waals surface area contributed by atoms with Crippen molar-refractivity contribution in [1.29, 1.82) is 0 Å². The second kappa shape index (κ2) is 6.38. The first-order valence-electron chi connectivity index (χ1n) is 5.79. The topological polar surface area (TPSA) is 60.5 Å². The number of ether oxygens (including phenoxy) is 2. The molecule has 0 saturated heterocycles. The van der Waals surface area contributed by atoms with E-state index in [0.29, 0.717) is 27.4 Å². The highest BCUT2D eigenvalue weighted by Gasteiger charge is 2.12. The van der Waals surface area contributed by atoms with E-state index in [2.05, 4.69) is 26.2 Å². The van der Waals surface area contributed by atoms with Crippen LogP contribution in [0.1, 0.15) is 10.5 Å². The van der Waals surface area contributed by atoms with E-state index in [1.54, 1.807) is 50.7 Å². The van der Waals surface area contributed by atoms with Gasteiger partial charge in [0, 0.05) is 34.6 Å². The second-order valence-electron chi connectivity index (χ2n) is 3.89. The molecule has 5 nitrogen and oxygen atoms in total. The molecule has 0 aliphatic carbocycles. The van der Waals surface area contributed by atoms with Gasteiger partial charge in [-0.15, -0.1) is 0 Å². The Morgan fingerprint density at radius 3 is 2.40 bits per heavy atom. The van der Waals surface area contributed by atoms with Crippen LogP contribution in [0.25, 0.3) is 0 Å². The summed E-state index contributed by atoms with van der Waals surface area (Å²) < 4.78 is 10.9. The Balaban J connectivity index is 2.26. The Labute approximate surface area is 125 Å². The van der Waals surface area contributed by atoms with E-state index < -0.39 is 0 Å². The molecule has 0 spiro atoms. The van der Waals surface area contributed by atoms with Crippen molar-refractivity contribution in [2.45, 2.75) is 0 Å². The normalized spacial score (nSPS) is 9.95. The van der Waals surface area contributed by atoms with Gasteiger partial charge in [0.1, 0.15) is 17.2 Å². The molecule has 6 heteroatoms. The van der Waals surface area contributed by atoms with Crippen molar-refractivity contribution < 1.29 is 14.3 Å². The smallest absolute Gasteiger partial charge is 0.275 e. The zero-order valence-corrected chi connectivity index (χ0v) is 12.6. The summed E-state index contributed by atoms with van der Waals surface area (Å²) in [5.41, 5.74) is 0.887. The molecule has 0 fully saturated rings. The van der Waals surface area contributed by atoms with Gasteiger partial charge in [-0.2, -0.15) is 0 Å². The van der Waals surface area contributed by atoms with Crippen LogP contribution in [0.4, 0.5) is 5.69 Å². The number of methoxy groups -OCH3 is 2. The minimum atomic E-state index is -0.312. The minimum absolute atomic E-state index is 0.312. The first-order valence-corrected chi connectivity index (χ1v) is 6.58. The molecule has 0 aliphatic rings. The van der Waals surface area contributed by atoms with Gasteiger partial charge in [-0.05, 0) is 28.1 Å². The fourth-order valence-electron chi connectivity index (χ4n) is 1.62. The Kier molecular flexibility index (Phi) is 4.57. The lowest BCUT2D eigenvalue weighted by Crippen LogP contribution is -2.14. The summed E-state index contributed by atoms with van der Waals surface area (Å²) in [5.74, 6) is 0.882. The number of pyridine rings is 1. The average Bonchev–Trinajstić information content (AvgIpc) is 2.47. The maximum Gasteiger partial charge on any atom is 0.275 e. The summed E-state index contributed by atoms with van der Waals surface area (Å²) in [5, 5.41) is 2.76. The molecule has 104 valence electrons. The number of hydrogen-bond donors (Lipinski definition) is 1. The number of carbonyl (C=O) groups is 1. The predicted molar refractivity (Wildman–Crippen MR) is 79.4 cm³/mol. The van der Waals surface area contributed by atoms with Crippen LogP contribution < -0.4 is 14.8 Å². The van der Waals surface area contributed by atoms with Gasteiger partial charge in [-0.3, -0.25) is 4.79 Å². The Morgan fingerprint density at radius 2 is 1.85 bits per heavy atom. The van der Waals surface area contributed by atoms with Crippen LogP contribution in [0.5, 0.6) is 11.5 Å². The molecular formula is C14H13BrN2O3. The molecule has 0 saturated carbocycles. The van der Waals surface area contributed by atoms with E-state index in [0.717, 1.165) is 0 Å². The largest absolute Gasteiger partial charge is 0.497 e. The third kappa shape index (κ3) is 3.27. The van der Waals surface area contributed by atoms with E-state index in [4.69, 9.17) is 9.47 Å². The maximum atomic E-state index is 12.1. The van der Waals surface area contributed by atoms with Crippen molar-refractivity contribution in [3.05, 3.63) is 46.7 Å². The zero-order valence-electron chi connectivity index (χ0n) is 11.0. The summed E-state index contributed by atoms with van der Waals surface area (Å²) >= 11 is 3.29. The van der Waals surface area contributed by atoms with Crippen LogP contribution in [0.15, 0.2) is 41.0 Å². The number of halogens is 1. The molecule has 0 aliphatic heterocycles. The Morgan fingerprint density at radius 1 is 1.20 bits per heavy atom. The van der Waals surface area contributed by atoms with Crippen LogP contribution in [0.2, 0.25) is 0 Å². The first-order chi connectivity index (χ1) is 9.63. The van der Waals surface area contributed by atoms with Crippen molar-refractivity contribution in [3.8, 4) is 11.5 Å². The lowest BCUT2D eigenvalue weighted by Gasteiger charge is -2.10. The summed E-state index contributed by atoms with van der Waals surface area (Å²) in [4.78, 5) is 16.2. The monoisotopic (exact) mass is 336 g/mol. The number of hydrogen-bond acceptors (Lipinski definition) is 4. The molecule has 0 unspecified atom stereocenters. The quantitative estimate of drug-likeness (QED) is 0.931. The number of amides is 1. The fourth-order valence-corrected chi connectivity index (χ4v) is 2.06. The van der Waals surface area contributed by atoms with Crippen molar-refractivity contribution in [1.82, 2.24) is 4.98 Å². The van der Waals surface area contributed by atoms with Gasteiger partial charge in [0.25, 0.3) is 5.91 Å². The highest BCUT2D eigenvalue weighted by molar-refractivity contribution is 9.10. The number of nitrogens with one attached hydrogen (secondary N) is 1. The summed E-state index contributed by atoms with van der Waals surface area (Å²) in [6.07, 6.45) is 1.56. The van der Waals surface area contributed by atoms with E-state index in [-0.39, 0.29) is 5.91 Å². The number of nitrogens with zero attached hydrogens (tertiary/aromatic N) is 1. The molecule has 1 heterocycles. The standard InChI is InChI=1S/C14H13BrN2O3/c1-19-10-6-9(7-11(8-10)20-2)17-14(18)13-12(15)4-3-5-16-13/h3-8H,1-2H3,(H,17,18). The molecule has 0 bridgehead atoms. The molecule has 0 radical (unpaired) electrons. The fraction of sp³-hybridized carbons (Fsp3) is 0.143. The summed E-state index contributed by atoms with van der Waals surface area (Å²) in [7, 11) is 3.10. The minimum Gasteiger partial charge on any atom is -0.497 e. The SMILES string of the molecule is COc1cc(NC(=O)c2ncccc2Br)cc(OC)c1. The van der Waals surface area contributed by atoms with Crippen molar-refractivity contribution in [3.63, 3.8) is 0 Å². The molecule has 20 heavy (non-hydrogen) atoms. The molecule has 1 N–H and O–H groups in total. The van der Waals surface area contributed by atoms with Crippen LogP contribution in [0.3, 0.4) is 0 Å². The lowest BCUT2D eigenvalue weighted by molar-refractivity contribution is 0.102. The molecule has 2 aromatic rings. The molecule has 1 aromatic heterocycles. The number of rotatable bonds is 4. The van der Waals surface area contributed by atoms with E-state index in [1.165, 1.54) is 0 Å². The molecule has 2 rings (SSSR count). The van der Waals surface area contributed by atoms with Gasteiger partial charge in [0.05, 0.1) is 14.2 Å². The summed E-state index contributed by atoms with van der Waals surface area (Å²) in [6, 6.07) is 8.64. The van der Waals surface area contributed by atoms with Gasteiger partial charge < -0.3 is 14.8 Å². The van der Waals surface area contributed by atoms with Gasteiger partial charge in [0.15, 0.2) is 0 Å². The number of benzene rings is 1. The maximum absolute atomic E-state index is 12.1. The zero-order chi connectivity index (χ0) is 14.5. The average molecular weight is 337 g/mol. The van der Waals surface area contributed by atoms with Gasteiger partial charge in [-0.25, -0.2) is 4.98 Å². The second-order valence-corrected chi connectivity index (χ2v) is 4.74. The van der Waals surface area contributed by atoms with E-state index >= 15 is 0 Å². The van der Waals surface area contributed by atoms with Crippen molar-refractivity contribution in [2.24, 2.45) is 0 Å². The highest BCUT2D eigenvalue weighted by atomic mass is 79.9. The third-order valence-electron chi connectivity index (χ3n) is 2.58. The number of aromatic nitrogens is 1. The molecular weight excluding hydrogens is 324 g/mol. The lowest BCUT2D eigenvalue weighted by atomic mass is 10.2. The molecule has 0 atom stereocenters. The third-order valence-corrected chi connectivity index (χ3v) is 3.22. The number of anilines is 1. The van der Waals surface area contributed by atoms with Crippen LogP contribution in [-0.2, 0) is 0 Å². The highest BCUT2D eigenvalue weighted by Crippen LogP contribution is 2.26. The molecule has 1 aromatic carbocycles. The molecule has 1 amide bonds. The van der Waals surface area contributed by atoms with Crippen LogP contribution >= 0.6 is 15.9 Å². The van der Waals surface area contributed by atoms with Gasteiger partial charge in [-0.1, -0.05) is 0 Å². The van der Waals surface area contributed by atoms with Crippen molar-refractivity contribution in [2.75, 3.05) is 19.5 Å². The Bertz CT molecular complexity index is 609. The van der Waals surface area contributed by atoms with E-state index in [1.807, 2.05) is 0 Å². The van der Waals surface area contributed by atoms with E-state index in [9.17, 15) is 4.79 Å². The van der Waals surface area contributed by atoms with Gasteiger partial charge >= 0.3 is 0 Å². The van der Waals surface area contributed by atoms with Gasteiger partial charge in [0.2, 0.25) is 0 Å². The van der Waals surface area contributed by atoms with Crippen molar-refractivity contribution >= 4 is 27.5 Å². The first kappa shape index (κ1) is 14.3. The van der Waals surface area contributed by atoms with Crippen LogP contribution in [0, 0.1) is 0 Å². The summed E-state index contributed by atoms with van der Waals surface area (Å²) in [6.45, 7) is 0.